The van der Waals surface area contributed by atoms with Crippen LogP contribution in [0.4, 0.5) is 17.1 Å². The second-order valence-electron chi connectivity index (χ2n) is 6.29. The van der Waals surface area contributed by atoms with E-state index < -0.39 is 0 Å². The standard InChI is InChI=1S/C17H22ClN5O2S/c1-8(24)21-4-5-26-17-10-6-9(7-25-3)22-15-11(10)16(23(17)2)14(20)12(18)13(15)19/h6,17H,4-5,7,19-20H2,1-3H3,(H,21,24)/p+1. The van der Waals surface area contributed by atoms with E-state index >= 15 is 0 Å². The number of methoxy groups -OCH3 is 1. The van der Waals surface area contributed by atoms with Gasteiger partial charge in [0.2, 0.25) is 5.91 Å². The Kier molecular flexibility index (Phi) is 5.47. The average Bonchev–Trinajstić information content (AvgIpc) is 2.87. The van der Waals surface area contributed by atoms with E-state index in [1.165, 1.54) is 6.92 Å². The number of benzene rings is 1. The number of nitrogens with zero attached hydrogens (tertiary/aromatic N) is 1. The maximum Gasteiger partial charge on any atom is 0.216 e. The molecule has 2 unspecified atom stereocenters. The summed E-state index contributed by atoms with van der Waals surface area (Å²) < 4.78 is 5.25. The molecular formula is C17H23ClN5O2S+. The number of anilines is 2. The molecule has 0 radical (unpaired) electrons. The van der Waals surface area contributed by atoms with Crippen LogP contribution in [0.2, 0.25) is 5.02 Å². The number of hydrogen-bond acceptors (Lipinski definition) is 6. The molecule has 1 amide bonds. The van der Waals surface area contributed by atoms with Crippen LogP contribution in [0.15, 0.2) is 6.07 Å². The lowest BCUT2D eigenvalue weighted by atomic mass is 10.1. The number of amides is 1. The van der Waals surface area contributed by atoms with Crippen molar-refractivity contribution in [2.75, 3.05) is 37.9 Å². The van der Waals surface area contributed by atoms with Crippen molar-refractivity contribution in [1.82, 2.24) is 10.3 Å². The summed E-state index contributed by atoms with van der Waals surface area (Å²) in [5, 5.41) is 4.26. The Balaban J connectivity index is 2.06. The fourth-order valence-corrected chi connectivity index (χ4v) is 4.77. The third-order valence-corrected chi connectivity index (χ3v) is 6.26. The number of aromatic nitrogens is 1. The molecule has 9 heteroatoms. The Hall–Kier alpha value is -1.74. The molecule has 2 atom stereocenters. The predicted molar refractivity (Wildman–Crippen MR) is 107 cm³/mol. The highest BCUT2D eigenvalue weighted by atomic mass is 35.5. The second kappa shape index (κ2) is 7.48. The molecule has 0 saturated carbocycles. The van der Waals surface area contributed by atoms with Crippen molar-refractivity contribution in [1.29, 1.82) is 0 Å². The molecule has 2 heterocycles. The summed E-state index contributed by atoms with van der Waals surface area (Å²) in [6.45, 7) is 2.52. The lowest BCUT2D eigenvalue weighted by Crippen LogP contribution is -3.02. The van der Waals surface area contributed by atoms with E-state index in [9.17, 15) is 4.79 Å². The van der Waals surface area contributed by atoms with Gasteiger partial charge in [-0.15, -0.1) is 0 Å². The van der Waals surface area contributed by atoms with Crippen LogP contribution >= 0.6 is 23.4 Å². The Morgan fingerprint density at radius 1 is 1.46 bits per heavy atom. The van der Waals surface area contributed by atoms with Gasteiger partial charge in [0.05, 0.1) is 35.4 Å². The summed E-state index contributed by atoms with van der Waals surface area (Å²) in [5.41, 5.74) is 16.9. The summed E-state index contributed by atoms with van der Waals surface area (Å²) in [6.07, 6.45) is 0. The predicted octanol–water partition coefficient (Wildman–Crippen LogP) is 1.23. The second-order valence-corrected chi connectivity index (χ2v) is 7.88. The number of pyridine rings is 1. The number of quaternary nitrogens is 1. The Morgan fingerprint density at radius 3 is 2.85 bits per heavy atom. The number of nitrogen functional groups attached to an aromatic ring is 2. The van der Waals surface area contributed by atoms with E-state index in [-0.39, 0.29) is 11.3 Å². The summed E-state index contributed by atoms with van der Waals surface area (Å²) in [5.74, 6) is 0.751. The van der Waals surface area contributed by atoms with E-state index in [2.05, 4.69) is 23.4 Å². The van der Waals surface area contributed by atoms with Crippen molar-refractivity contribution in [3.05, 3.63) is 22.3 Å². The molecule has 3 rings (SSSR count). The van der Waals surface area contributed by atoms with Crippen LogP contribution in [0, 0.1) is 0 Å². The Labute approximate surface area is 161 Å². The van der Waals surface area contributed by atoms with Gasteiger partial charge < -0.3 is 21.5 Å². The fraction of sp³-hybridized carbons (Fsp3) is 0.412. The van der Waals surface area contributed by atoms with E-state index in [1.54, 1.807) is 18.9 Å². The summed E-state index contributed by atoms with van der Waals surface area (Å²) >= 11 is 8.13. The van der Waals surface area contributed by atoms with Crippen molar-refractivity contribution < 1.29 is 14.4 Å². The van der Waals surface area contributed by atoms with Crippen molar-refractivity contribution in [3.63, 3.8) is 0 Å². The van der Waals surface area contributed by atoms with Gasteiger partial charge in [-0.25, -0.2) is 4.98 Å². The van der Waals surface area contributed by atoms with Crippen LogP contribution in [-0.2, 0) is 16.1 Å². The molecule has 1 aromatic carbocycles. The van der Waals surface area contributed by atoms with Gasteiger partial charge in [0.15, 0.2) is 11.1 Å². The topological polar surface area (TPSA) is 108 Å². The minimum Gasteiger partial charge on any atom is -0.396 e. The van der Waals surface area contributed by atoms with Crippen LogP contribution in [0.5, 0.6) is 0 Å². The number of thioether (sulfide) groups is 1. The summed E-state index contributed by atoms with van der Waals surface area (Å²) in [4.78, 5) is 16.9. The maximum atomic E-state index is 11.1. The SMILES string of the molecule is COCc1cc2c3c(c(N)c(Cl)c(N)c3n1)[NH+](C)C2SCCNC(C)=O. The van der Waals surface area contributed by atoms with E-state index in [0.717, 1.165) is 33.0 Å². The first kappa shape index (κ1) is 19.0. The van der Waals surface area contributed by atoms with Gasteiger partial charge in [-0.1, -0.05) is 23.4 Å². The van der Waals surface area contributed by atoms with Gasteiger partial charge in [0.1, 0.15) is 11.2 Å². The van der Waals surface area contributed by atoms with Crippen LogP contribution in [-0.4, -0.2) is 37.3 Å². The largest absolute Gasteiger partial charge is 0.396 e. The lowest BCUT2D eigenvalue weighted by Gasteiger charge is -2.19. The van der Waals surface area contributed by atoms with Gasteiger partial charge in [-0.2, -0.15) is 0 Å². The molecule has 1 aliphatic rings. The normalized spacial score (nSPS) is 18.5. The number of nitrogens with two attached hydrogens (primary N) is 2. The van der Waals surface area contributed by atoms with E-state index in [0.29, 0.717) is 35.1 Å². The first-order valence-corrected chi connectivity index (χ1v) is 9.68. The zero-order valence-electron chi connectivity index (χ0n) is 15.0. The minimum atomic E-state index is -0.0292. The first-order valence-electron chi connectivity index (χ1n) is 8.25. The lowest BCUT2D eigenvalue weighted by molar-refractivity contribution is -0.822. The third-order valence-electron chi connectivity index (χ3n) is 4.47. The molecule has 26 heavy (non-hydrogen) atoms. The van der Waals surface area contributed by atoms with E-state index in [4.69, 9.17) is 27.8 Å². The summed E-state index contributed by atoms with van der Waals surface area (Å²) in [6, 6.07) is 2.05. The molecular weight excluding hydrogens is 374 g/mol. The zero-order valence-corrected chi connectivity index (χ0v) is 16.6. The number of hydrogen-bond donors (Lipinski definition) is 4. The molecule has 0 saturated heterocycles. The Morgan fingerprint density at radius 2 is 2.19 bits per heavy atom. The molecule has 0 bridgehead atoms. The highest BCUT2D eigenvalue weighted by Crippen LogP contribution is 2.47. The van der Waals surface area contributed by atoms with Crippen molar-refractivity contribution >= 4 is 57.2 Å². The Bertz CT molecular complexity index is 876. The molecule has 1 aromatic heterocycles. The monoisotopic (exact) mass is 396 g/mol. The first-order chi connectivity index (χ1) is 12.4. The number of carbonyl (C=O) groups is 1. The molecule has 1 aliphatic heterocycles. The van der Waals surface area contributed by atoms with Crippen LogP contribution in [0.25, 0.3) is 10.9 Å². The van der Waals surface area contributed by atoms with Crippen molar-refractivity contribution in [2.45, 2.75) is 18.9 Å². The molecule has 140 valence electrons. The highest BCUT2D eigenvalue weighted by molar-refractivity contribution is 7.99. The molecule has 0 aliphatic carbocycles. The maximum absolute atomic E-state index is 11.1. The average molecular weight is 397 g/mol. The van der Waals surface area contributed by atoms with Crippen LogP contribution in [0.1, 0.15) is 23.6 Å². The number of nitrogens with one attached hydrogen (secondary N) is 2. The molecule has 2 aromatic rings. The smallest absolute Gasteiger partial charge is 0.216 e. The number of ether oxygens (including phenoxy) is 1. The van der Waals surface area contributed by atoms with Gasteiger partial charge in [0.25, 0.3) is 0 Å². The van der Waals surface area contributed by atoms with Crippen LogP contribution in [0.3, 0.4) is 0 Å². The van der Waals surface area contributed by atoms with Crippen LogP contribution < -0.4 is 21.7 Å². The number of carbonyl (C=O) groups excluding carboxylic acids is 1. The van der Waals surface area contributed by atoms with Gasteiger partial charge in [-0.05, 0) is 6.07 Å². The molecule has 0 spiro atoms. The third kappa shape index (κ3) is 3.18. The fourth-order valence-electron chi connectivity index (χ4n) is 3.39. The minimum absolute atomic E-state index is 0.0292. The quantitative estimate of drug-likeness (QED) is 0.432. The van der Waals surface area contributed by atoms with Crippen molar-refractivity contribution in [2.24, 2.45) is 0 Å². The molecule has 6 N–H and O–H groups in total. The van der Waals surface area contributed by atoms with E-state index in [1.807, 2.05) is 0 Å². The number of halogens is 1. The summed E-state index contributed by atoms with van der Waals surface area (Å²) in [7, 11) is 3.69. The van der Waals surface area contributed by atoms with Gasteiger partial charge in [0, 0.05) is 31.9 Å². The highest BCUT2D eigenvalue weighted by Gasteiger charge is 2.39. The number of rotatable bonds is 6. The molecule has 0 fully saturated rings. The van der Waals surface area contributed by atoms with Gasteiger partial charge in [-0.3, -0.25) is 9.69 Å². The van der Waals surface area contributed by atoms with Gasteiger partial charge >= 0.3 is 0 Å². The van der Waals surface area contributed by atoms with Crippen molar-refractivity contribution in [3.8, 4) is 0 Å². The molecule has 7 nitrogen and oxygen atoms in total. The zero-order chi connectivity index (χ0) is 19.0.